The molecule has 18 rings (SSSR count). The molecular weight excluding hydrogens is 1780 g/mol. The predicted octanol–water partition coefficient (Wildman–Crippen LogP) is 16.0. The van der Waals surface area contributed by atoms with Crippen LogP contribution in [0.2, 0.25) is 5.02 Å². The third-order valence-corrected chi connectivity index (χ3v) is 37.2. The molecule has 0 aromatic heterocycles. The first-order chi connectivity index (χ1) is 64.7. The zero-order chi connectivity index (χ0) is 94.8. The van der Waals surface area contributed by atoms with Crippen LogP contribution in [0.3, 0.4) is 0 Å². The van der Waals surface area contributed by atoms with E-state index in [2.05, 4.69) is 71.9 Å². The molecule has 0 bridgehead atoms. The van der Waals surface area contributed by atoms with Crippen LogP contribution >= 0.6 is 11.6 Å². The lowest BCUT2D eigenvalue weighted by Gasteiger charge is -2.49. The van der Waals surface area contributed by atoms with Gasteiger partial charge >= 0.3 is 0 Å². The van der Waals surface area contributed by atoms with Crippen LogP contribution in [0.4, 0.5) is 0 Å². The fourth-order valence-electron chi connectivity index (χ4n) is 23.9. The minimum Gasteiger partial charge on any atom is -0.493 e. The number of methoxy groups -OCH3 is 6. The lowest BCUT2D eigenvalue weighted by Crippen LogP contribution is -2.47. The van der Waals surface area contributed by atoms with E-state index in [4.69, 9.17) is 40.0 Å². The van der Waals surface area contributed by atoms with Crippen molar-refractivity contribution in [2.45, 2.75) is 215 Å². The summed E-state index contributed by atoms with van der Waals surface area (Å²) in [5.41, 5.74) is 19.4. The summed E-state index contributed by atoms with van der Waals surface area (Å²) in [6.07, 6.45) is 12.4. The Morgan fingerprint density at radius 3 is 0.843 bits per heavy atom. The SMILES string of the molecule is CCC1CN2CCc3cc(CO)c(CO)cc3C2CC1CC1c2cc(OC)c(OC)cc2CCN1S(=O)(=O)c1ccc(C)cc1.CCC1CN2CCc3cc(CO)c(CO)cc3C2CC1CC1c2cc(OC)c(OC)cc2CCN1S(=O)(=O)c1ccc(Cl)cc1.CCC1CN2CCc3cc(CO)c(CO)cc3C2CC1CC1c2cc(OC)c(OC)cc2CCN1S(=O)(=O)c1ccccc1. The standard InChI is InChI=1S/C36H46N2O6S.C35H43ClN2O6S.C35H44N2O6S/c1-5-24-20-37-12-10-25-14-28(21-39)29(22-40)15-31(25)33(37)16-27(24)17-34-32-19-36(44-4)35(43-3)18-26(32)11-13-38(34)45(41,42)30-8-6-23(2)7-9-30;1-4-22-19-37-11-9-23-13-26(20-39)27(21-40)14-30(23)32(37)15-25(22)16-33-31-18-35(44-3)34(43-2)17-24(31)10-12-38(33)45(41,42)29-7-5-28(36)6-8-29;1-4-23-20-36-12-10-24-14-27(21-38)28(22-39)15-30(24)32(36)16-26(23)17-33-31-19-35(43-3)34(42-2)18-25(31)11-13-37(33)44(40,41)29-8-6-5-7-9-29/h6-9,14-15,18-19,24,27,33-34,39-40H,5,10-13,16-17,20-22H2,1-4H3;5-8,13-14,17-18,22,25,32-33,39-40H,4,9-12,15-16,19-21H2,1-3H3;5-9,14-15,18-19,23,26,32-33,38-39H,4,10-13,16-17,20-22H2,1-3H3. The maximum atomic E-state index is 14.3. The molecule has 12 unspecified atom stereocenters. The van der Waals surface area contributed by atoms with Crippen molar-refractivity contribution < 1.29 is 84.3 Å². The number of ether oxygens (including phenoxy) is 6. The molecule has 134 heavy (non-hydrogen) atoms. The maximum Gasteiger partial charge on any atom is 0.243 e. The van der Waals surface area contributed by atoms with Gasteiger partial charge in [0.1, 0.15) is 0 Å². The van der Waals surface area contributed by atoms with E-state index >= 15 is 0 Å². The van der Waals surface area contributed by atoms with Crippen LogP contribution in [0, 0.1) is 42.4 Å². The molecule has 3 saturated heterocycles. The summed E-state index contributed by atoms with van der Waals surface area (Å²) in [5, 5.41) is 60.4. The van der Waals surface area contributed by atoms with Crippen LogP contribution < -0.4 is 28.4 Å². The van der Waals surface area contributed by atoms with Gasteiger partial charge in [-0.1, -0.05) is 124 Å². The number of aryl methyl sites for hydroxylation is 1. The lowest BCUT2D eigenvalue weighted by molar-refractivity contribution is 0.0386. The molecular formula is C106H133ClN6O18S3. The minimum absolute atomic E-state index is 0.0842. The van der Waals surface area contributed by atoms with Crippen LogP contribution in [0.1, 0.15) is 221 Å². The Balaban J connectivity index is 0.000000146. The molecule has 3 fully saturated rings. The van der Waals surface area contributed by atoms with Gasteiger partial charge in [0.15, 0.2) is 34.5 Å². The van der Waals surface area contributed by atoms with Crippen molar-refractivity contribution in [2.24, 2.45) is 35.5 Å². The molecule has 0 saturated carbocycles. The smallest absolute Gasteiger partial charge is 0.243 e. The number of aliphatic hydroxyl groups is 6. The van der Waals surface area contributed by atoms with E-state index in [0.717, 1.165) is 169 Å². The van der Waals surface area contributed by atoms with Crippen molar-refractivity contribution in [3.05, 3.63) is 262 Å². The summed E-state index contributed by atoms with van der Waals surface area (Å²) in [4.78, 5) is 8.59. The summed E-state index contributed by atoms with van der Waals surface area (Å²) in [7, 11) is -1.63. The van der Waals surface area contributed by atoms with Crippen molar-refractivity contribution in [1.29, 1.82) is 0 Å². The minimum atomic E-state index is -3.83. The van der Waals surface area contributed by atoms with Gasteiger partial charge in [-0.3, -0.25) is 14.7 Å². The molecule has 9 aliphatic heterocycles. The van der Waals surface area contributed by atoms with Gasteiger partial charge in [0.2, 0.25) is 30.1 Å². The Morgan fingerprint density at radius 1 is 0.313 bits per heavy atom. The number of fused-ring (bicyclic) bond motifs is 12. The van der Waals surface area contributed by atoms with E-state index in [0.29, 0.717) is 125 Å². The number of nitrogens with zero attached hydrogens (tertiary/aromatic N) is 6. The van der Waals surface area contributed by atoms with E-state index in [9.17, 15) is 55.9 Å². The largest absolute Gasteiger partial charge is 0.493 e. The van der Waals surface area contributed by atoms with Crippen LogP contribution in [0.25, 0.3) is 0 Å². The van der Waals surface area contributed by atoms with Crippen LogP contribution in [0.5, 0.6) is 34.5 Å². The number of sulfonamides is 3. The van der Waals surface area contributed by atoms with Gasteiger partial charge in [-0.15, -0.1) is 0 Å². The average Bonchev–Trinajstić information content (AvgIpc) is 0.749. The van der Waals surface area contributed by atoms with Crippen molar-refractivity contribution in [3.8, 4) is 34.5 Å². The van der Waals surface area contributed by atoms with Crippen LogP contribution in [-0.2, 0) is 108 Å². The Hall–Kier alpha value is -8.56. The average molecular weight is 1910 g/mol. The van der Waals surface area contributed by atoms with Crippen molar-refractivity contribution in [3.63, 3.8) is 0 Å². The molecule has 9 aromatic rings. The van der Waals surface area contributed by atoms with Crippen molar-refractivity contribution in [1.82, 2.24) is 27.6 Å². The van der Waals surface area contributed by atoms with Gasteiger partial charge in [0.25, 0.3) is 0 Å². The molecule has 720 valence electrons. The van der Waals surface area contributed by atoms with Crippen molar-refractivity contribution >= 4 is 41.7 Å². The van der Waals surface area contributed by atoms with Gasteiger partial charge < -0.3 is 59.1 Å². The Labute approximate surface area is 796 Å². The first-order valence-corrected chi connectivity index (χ1v) is 52.4. The number of piperidine rings is 3. The van der Waals surface area contributed by atoms with Crippen LogP contribution in [0.15, 0.2) is 166 Å². The van der Waals surface area contributed by atoms with E-state index in [-0.39, 0.29) is 98.5 Å². The highest BCUT2D eigenvalue weighted by molar-refractivity contribution is 7.89. The second kappa shape index (κ2) is 42.4. The molecule has 0 radical (unpaired) electrons. The topological polar surface area (TPSA) is 299 Å². The molecule has 0 amide bonds. The number of hydrogen-bond donors (Lipinski definition) is 6. The second-order valence-electron chi connectivity index (χ2n) is 37.8. The summed E-state index contributed by atoms with van der Waals surface area (Å²) in [6.45, 7) is 15.0. The van der Waals surface area contributed by atoms with Gasteiger partial charge in [-0.2, -0.15) is 12.9 Å². The lowest BCUT2D eigenvalue weighted by atomic mass is 9.72. The maximum absolute atomic E-state index is 14.3. The molecule has 24 nitrogen and oxygen atoms in total. The van der Waals surface area contributed by atoms with Gasteiger partial charge in [-0.05, 0) is 305 Å². The first kappa shape index (κ1) is 98.5. The van der Waals surface area contributed by atoms with Crippen molar-refractivity contribution in [2.75, 3.05) is 102 Å². The fourth-order valence-corrected chi connectivity index (χ4v) is 28.9. The zero-order valence-corrected chi connectivity index (χ0v) is 82.1. The third kappa shape index (κ3) is 19.6. The molecule has 6 N–H and O–H groups in total. The summed E-state index contributed by atoms with van der Waals surface area (Å²) >= 11 is 6.13. The highest BCUT2D eigenvalue weighted by atomic mass is 35.5. The van der Waals surface area contributed by atoms with E-state index in [1.165, 1.54) is 33.4 Å². The highest BCUT2D eigenvalue weighted by Crippen LogP contribution is 2.55. The number of halogens is 1. The number of benzene rings is 9. The summed E-state index contributed by atoms with van der Waals surface area (Å²) in [6, 6.07) is 46.3. The number of aliphatic hydroxyl groups excluding tert-OH is 6. The Kier molecular flexibility index (Phi) is 31.2. The second-order valence-corrected chi connectivity index (χ2v) is 43.9. The van der Waals surface area contributed by atoms with Crippen LogP contribution in [-0.4, -0.2) is 185 Å². The molecule has 9 aromatic carbocycles. The fraction of sp³-hybridized carbons (Fsp3) is 0.491. The van der Waals surface area contributed by atoms with E-state index in [1.54, 1.807) is 116 Å². The van der Waals surface area contributed by atoms with Gasteiger partial charge in [0.05, 0.1) is 115 Å². The number of rotatable bonds is 27. The third-order valence-electron chi connectivity index (χ3n) is 31.2. The molecule has 0 spiro atoms. The van der Waals surface area contributed by atoms with Gasteiger partial charge in [-0.25, -0.2) is 25.3 Å². The first-order valence-electron chi connectivity index (χ1n) is 47.7. The van der Waals surface area contributed by atoms with Gasteiger partial charge in [0, 0.05) is 82.1 Å². The summed E-state index contributed by atoms with van der Waals surface area (Å²) in [5.74, 6) is 5.82. The molecule has 28 heteroatoms. The Bertz CT molecular complexity index is 5790. The Morgan fingerprint density at radius 2 is 0.567 bits per heavy atom. The quantitative estimate of drug-likeness (QED) is 0.0279. The molecule has 0 aliphatic carbocycles. The normalized spacial score (nSPS) is 23.7. The zero-order valence-electron chi connectivity index (χ0n) is 78.9. The molecule has 9 aliphatic rings. The summed E-state index contributed by atoms with van der Waals surface area (Å²) < 4.78 is 125. The monoisotopic (exact) mass is 1910 g/mol. The van der Waals surface area contributed by atoms with E-state index in [1.807, 2.05) is 61.5 Å². The van der Waals surface area contributed by atoms with E-state index < -0.39 is 30.1 Å². The highest BCUT2D eigenvalue weighted by Gasteiger charge is 2.49. The predicted molar refractivity (Wildman–Crippen MR) is 517 cm³/mol. The number of hydrogen-bond acceptors (Lipinski definition) is 21. The molecule has 9 heterocycles. The molecule has 12 atom stereocenters.